The van der Waals surface area contributed by atoms with Gasteiger partial charge in [-0.1, -0.05) is 67.5 Å². The summed E-state index contributed by atoms with van der Waals surface area (Å²) in [6, 6.07) is 13.9. The molecular formula is C20H23NO3S. The lowest BCUT2D eigenvalue weighted by Crippen LogP contribution is -2.35. The third kappa shape index (κ3) is 4.75. The highest BCUT2D eigenvalue weighted by atomic mass is 32.2. The molecule has 5 heteroatoms. The summed E-state index contributed by atoms with van der Waals surface area (Å²) in [5, 5.41) is 1.91. The fraction of sp³-hybridized carbons (Fsp3) is 0.400. The Balaban J connectivity index is 1.50. The third-order valence-electron chi connectivity index (χ3n) is 4.53. The summed E-state index contributed by atoms with van der Waals surface area (Å²) in [6.07, 6.45) is 4.64. The summed E-state index contributed by atoms with van der Waals surface area (Å²) in [4.78, 5) is 0. The standard InChI is InChI=1S/C20H23NO3S/c22-25(23,18-11-2-1-3-12-18)21-15-6-7-16-24-20-14-8-10-17-9-4-5-13-19(17)20/h4-5,8-10,13-14,18,21H,1-3,11-12,15-16H2. The van der Waals surface area contributed by atoms with Crippen LogP contribution in [0.2, 0.25) is 0 Å². The average Bonchev–Trinajstić information content (AvgIpc) is 2.65. The molecule has 0 amide bonds. The largest absolute Gasteiger partial charge is 0.480 e. The Morgan fingerprint density at radius 3 is 2.60 bits per heavy atom. The van der Waals surface area contributed by atoms with Gasteiger partial charge in [0.05, 0.1) is 11.8 Å². The number of ether oxygens (including phenoxy) is 1. The van der Waals surface area contributed by atoms with Gasteiger partial charge in [0.2, 0.25) is 10.0 Å². The number of benzene rings is 2. The first kappa shape index (κ1) is 17.8. The zero-order valence-corrected chi connectivity index (χ0v) is 15.0. The molecular weight excluding hydrogens is 334 g/mol. The molecule has 0 atom stereocenters. The van der Waals surface area contributed by atoms with E-state index in [9.17, 15) is 8.42 Å². The molecule has 1 aliphatic rings. The Morgan fingerprint density at radius 1 is 1.00 bits per heavy atom. The van der Waals surface area contributed by atoms with Gasteiger partial charge in [-0.2, -0.15) is 0 Å². The highest BCUT2D eigenvalue weighted by molar-refractivity contribution is 7.90. The van der Waals surface area contributed by atoms with Gasteiger partial charge in [0.1, 0.15) is 12.4 Å². The van der Waals surface area contributed by atoms with Gasteiger partial charge in [0.15, 0.2) is 0 Å². The molecule has 3 rings (SSSR count). The van der Waals surface area contributed by atoms with Gasteiger partial charge in [0, 0.05) is 5.39 Å². The van der Waals surface area contributed by atoms with Crippen molar-refractivity contribution in [3.05, 3.63) is 42.5 Å². The van der Waals surface area contributed by atoms with Crippen molar-refractivity contribution in [1.29, 1.82) is 0 Å². The zero-order valence-electron chi connectivity index (χ0n) is 14.2. The summed E-state index contributed by atoms with van der Waals surface area (Å²) >= 11 is 0. The molecule has 1 aliphatic carbocycles. The van der Waals surface area contributed by atoms with Crippen LogP contribution in [0.5, 0.6) is 5.75 Å². The predicted molar refractivity (Wildman–Crippen MR) is 101 cm³/mol. The fourth-order valence-corrected chi connectivity index (χ4v) is 4.64. The molecule has 1 fully saturated rings. The Labute approximate surface area is 149 Å². The van der Waals surface area contributed by atoms with Gasteiger partial charge in [-0.25, -0.2) is 13.1 Å². The number of hydrogen-bond donors (Lipinski definition) is 1. The molecule has 4 nitrogen and oxygen atoms in total. The quantitative estimate of drug-likeness (QED) is 0.834. The first-order valence-corrected chi connectivity index (χ1v) is 10.3. The number of fused-ring (bicyclic) bond motifs is 1. The van der Waals surface area contributed by atoms with Crippen molar-refractivity contribution in [2.75, 3.05) is 13.2 Å². The maximum Gasteiger partial charge on any atom is 0.215 e. The van der Waals surface area contributed by atoms with Crippen LogP contribution in [0.1, 0.15) is 32.1 Å². The molecule has 0 radical (unpaired) electrons. The maximum atomic E-state index is 12.2. The average molecular weight is 357 g/mol. The van der Waals surface area contributed by atoms with Crippen molar-refractivity contribution >= 4 is 20.8 Å². The Hall–Kier alpha value is -2.03. The van der Waals surface area contributed by atoms with E-state index in [1.54, 1.807) is 0 Å². The number of hydrogen-bond acceptors (Lipinski definition) is 3. The van der Waals surface area contributed by atoms with E-state index in [4.69, 9.17) is 4.74 Å². The molecule has 0 unspecified atom stereocenters. The Morgan fingerprint density at radius 2 is 1.76 bits per heavy atom. The van der Waals surface area contributed by atoms with E-state index < -0.39 is 10.0 Å². The Bertz CT molecular complexity index is 869. The van der Waals surface area contributed by atoms with Crippen LogP contribution in [0.3, 0.4) is 0 Å². The van der Waals surface area contributed by atoms with Gasteiger partial charge in [-0.15, -0.1) is 0 Å². The molecule has 2 aromatic carbocycles. The van der Waals surface area contributed by atoms with E-state index in [0.29, 0.717) is 0 Å². The smallest absolute Gasteiger partial charge is 0.215 e. The summed E-state index contributed by atoms with van der Waals surface area (Å²) in [7, 11) is -3.24. The van der Waals surface area contributed by atoms with E-state index in [1.165, 1.54) is 0 Å². The highest BCUT2D eigenvalue weighted by Crippen LogP contribution is 2.25. The second-order valence-corrected chi connectivity index (χ2v) is 8.29. The summed E-state index contributed by atoms with van der Waals surface area (Å²) in [5.41, 5.74) is 0. The number of rotatable bonds is 5. The number of nitrogens with one attached hydrogen (secondary N) is 1. The third-order valence-corrected chi connectivity index (χ3v) is 6.42. The van der Waals surface area contributed by atoms with E-state index in [1.807, 2.05) is 42.5 Å². The normalized spacial score (nSPS) is 15.5. The molecule has 2 aromatic rings. The minimum absolute atomic E-state index is 0.137. The van der Waals surface area contributed by atoms with Crippen molar-refractivity contribution in [2.24, 2.45) is 0 Å². The lowest BCUT2D eigenvalue weighted by Gasteiger charge is -2.21. The van der Waals surface area contributed by atoms with Crippen LogP contribution in [0.4, 0.5) is 0 Å². The molecule has 0 aromatic heterocycles. The first-order chi connectivity index (χ1) is 12.2. The van der Waals surface area contributed by atoms with Crippen molar-refractivity contribution in [3.8, 4) is 17.6 Å². The molecule has 0 spiro atoms. The van der Waals surface area contributed by atoms with Gasteiger partial charge < -0.3 is 4.74 Å². The second-order valence-electron chi connectivity index (χ2n) is 6.25. The fourth-order valence-electron chi connectivity index (χ4n) is 3.18. The van der Waals surface area contributed by atoms with Crippen molar-refractivity contribution < 1.29 is 13.2 Å². The molecule has 132 valence electrons. The molecule has 1 saturated carbocycles. The molecule has 0 aliphatic heterocycles. The van der Waals surface area contributed by atoms with Gasteiger partial charge in [0.25, 0.3) is 0 Å². The van der Waals surface area contributed by atoms with Gasteiger partial charge >= 0.3 is 0 Å². The SMILES string of the molecule is O=S(=O)(NCC#CCOc1cccc2ccccc12)C1CCCCC1. The van der Waals surface area contributed by atoms with E-state index in [-0.39, 0.29) is 18.4 Å². The minimum atomic E-state index is -3.24. The van der Waals surface area contributed by atoms with Crippen molar-refractivity contribution in [1.82, 2.24) is 4.72 Å². The van der Waals surface area contributed by atoms with E-state index in [0.717, 1.165) is 48.6 Å². The number of sulfonamides is 1. The van der Waals surface area contributed by atoms with Crippen LogP contribution >= 0.6 is 0 Å². The van der Waals surface area contributed by atoms with Gasteiger partial charge in [-0.05, 0) is 24.3 Å². The Kier molecular flexibility index (Phi) is 5.95. The van der Waals surface area contributed by atoms with Crippen LogP contribution in [-0.4, -0.2) is 26.8 Å². The molecule has 0 bridgehead atoms. The van der Waals surface area contributed by atoms with Crippen LogP contribution in [0.25, 0.3) is 10.8 Å². The molecule has 0 saturated heterocycles. The molecule has 0 heterocycles. The van der Waals surface area contributed by atoms with Crippen molar-refractivity contribution in [2.45, 2.75) is 37.4 Å². The molecule has 1 N–H and O–H groups in total. The lowest BCUT2D eigenvalue weighted by atomic mass is 10.0. The van der Waals surface area contributed by atoms with Crippen LogP contribution < -0.4 is 9.46 Å². The van der Waals surface area contributed by atoms with E-state index >= 15 is 0 Å². The van der Waals surface area contributed by atoms with Gasteiger partial charge in [-0.3, -0.25) is 0 Å². The summed E-state index contributed by atoms with van der Waals surface area (Å²) < 4.78 is 32.7. The lowest BCUT2D eigenvalue weighted by molar-refractivity contribution is 0.374. The van der Waals surface area contributed by atoms with Crippen LogP contribution in [-0.2, 0) is 10.0 Å². The van der Waals surface area contributed by atoms with Crippen molar-refractivity contribution in [3.63, 3.8) is 0 Å². The first-order valence-electron chi connectivity index (χ1n) is 8.71. The maximum absolute atomic E-state index is 12.2. The summed E-state index contributed by atoms with van der Waals surface area (Å²) in [6.45, 7) is 0.372. The highest BCUT2D eigenvalue weighted by Gasteiger charge is 2.26. The second kappa shape index (κ2) is 8.37. The van der Waals surface area contributed by atoms with E-state index in [2.05, 4.69) is 16.6 Å². The monoisotopic (exact) mass is 357 g/mol. The van der Waals surface area contributed by atoms with Crippen LogP contribution in [0.15, 0.2) is 42.5 Å². The zero-order chi connectivity index (χ0) is 17.5. The van der Waals surface area contributed by atoms with Crippen LogP contribution in [0, 0.1) is 11.8 Å². The topological polar surface area (TPSA) is 55.4 Å². The minimum Gasteiger partial charge on any atom is -0.480 e. The summed E-state index contributed by atoms with van der Waals surface area (Å²) in [5.74, 6) is 6.50. The predicted octanol–water partition coefficient (Wildman–Crippen LogP) is 3.47. The molecule has 25 heavy (non-hydrogen) atoms.